The second-order valence-corrected chi connectivity index (χ2v) is 1.05. The molecule has 0 aromatic rings. The second-order valence-electron chi connectivity index (χ2n) is 1.05. The van der Waals surface area contributed by atoms with Crippen LogP contribution in [-0.4, -0.2) is 13.2 Å². The molecule has 0 aliphatic carbocycles. The predicted molar refractivity (Wildman–Crippen MR) is 22.5 cm³/mol. The number of hydrogen-bond acceptors (Lipinski definition) is 2. The van der Waals surface area contributed by atoms with Crippen molar-refractivity contribution in [2.75, 3.05) is 7.11 Å². The average molecular weight is 137 g/mol. The van der Waals surface area contributed by atoms with Gasteiger partial charge in [-0.1, -0.05) is 13.0 Å². The van der Waals surface area contributed by atoms with Crippen molar-refractivity contribution >= 4 is 0 Å². The first-order valence-electron chi connectivity index (χ1n) is 1.83. The van der Waals surface area contributed by atoms with E-state index in [-0.39, 0.29) is 6.10 Å². The van der Waals surface area contributed by atoms with Crippen molar-refractivity contribution in [1.82, 2.24) is 0 Å². The fraction of sp³-hybridized carbons (Fsp3) is 0.750. The molecule has 1 unspecified atom stereocenters. The van der Waals surface area contributed by atoms with Gasteiger partial charge in [-0.25, -0.2) is 0 Å². The summed E-state index contributed by atoms with van der Waals surface area (Å²) >= 11 is 0.750. The molecule has 41 valence electrons. The predicted octanol–water partition coefficient (Wildman–Crippen LogP) is 0.734. The summed E-state index contributed by atoms with van der Waals surface area (Å²) in [6, 6.07) is 0. The van der Waals surface area contributed by atoms with Crippen molar-refractivity contribution < 1.29 is 28.5 Å². The molecule has 0 saturated carbocycles. The minimum atomic E-state index is 0.134. The first-order chi connectivity index (χ1) is 3.27. The van der Waals surface area contributed by atoms with Crippen molar-refractivity contribution in [2.24, 2.45) is 0 Å². The van der Waals surface area contributed by atoms with Gasteiger partial charge in [-0.2, -0.15) is 0 Å². The summed E-state index contributed by atoms with van der Waals surface area (Å²) in [5.41, 5.74) is 0. The maximum atomic E-state index is 8.25. The molecule has 0 aliphatic rings. The zero-order valence-electron chi connectivity index (χ0n) is 4.60. The Hall–Kier alpha value is 0.474. The topological polar surface area (TPSA) is 26.3 Å². The second kappa shape index (κ2) is 9.69. The van der Waals surface area contributed by atoms with Crippen LogP contribution >= 0.6 is 0 Å². The molecular formula is C4H9O2Ti. The van der Waals surface area contributed by atoms with E-state index in [1.54, 1.807) is 7.11 Å². The van der Waals surface area contributed by atoms with E-state index < -0.39 is 0 Å². The molecule has 0 spiro atoms. The first-order valence-corrected chi connectivity index (χ1v) is 2.47. The van der Waals surface area contributed by atoms with Crippen LogP contribution in [0.1, 0.15) is 6.92 Å². The Labute approximate surface area is 56.0 Å². The van der Waals surface area contributed by atoms with Crippen LogP contribution in [0.15, 0.2) is 0 Å². The molecule has 0 aromatic carbocycles. The molecule has 2 nitrogen and oxygen atoms in total. The Morgan fingerprint density at radius 1 is 1.71 bits per heavy atom. The monoisotopic (exact) mass is 137 g/mol. The normalized spacial score (nSPS) is 11.6. The standard InChI is InChI=1S/C4H9O.O.Ti/c1-4(2)5-3;;/h4H,1H2,2-3H3;;/q-1;;+1. The molecular weight excluding hydrogens is 128 g/mol. The van der Waals surface area contributed by atoms with Gasteiger partial charge in [0.15, 0.2) is 0 Å². The van der Waals surface area contributed by atoms with Crippen LogP contribution in [0.3, 0.4) is 0 Å². The zero-order valence-corrected chi connectivity index (χ0v) is 6.16. The van der Waals surface area contributed by atoms with Crippen LogP contribution < -0.4 is 0 Å². The Kier molecular flexibility index (Phi) is 14.5. The minimum absolute atomic E-state index is 0.134. The maximum absolute atomic E-state index is 8.25. The molecule has 3 heteroatoms. The van der Waals surface area contributed by atoms with Crippen LogP contribution in [0.5, 0.6) is 0 Å². The van der Waals surface area contributed by atoms with Gasteiger partial charge < -0.3 is 11.7 Å². The summed E-state index contributed by atoms with van der Waals surface area (Å²) in [5.74, 6) is 0. The van der Waals surface area contributed by atoms with Crippen molar-refractivity contribution in [3.05, 3.63) is 6.92 Å². The summed E-state index contributed by atoms with van der Waals surface area (Å²) in [6.45, 7) is 5.42. The van der Waals surface area contributed by atoms with Gasteiger partial charge in [0.1, 0.15) is 0 Å². The number of rotatable bonds is 1. The van der Waals surface area contributed by atoms with Crippen LogP contribution in [0, 0.1) is 6.92 Å². The molecule has 0 rings (SSSR count). The molecule has 0 heterocycles. The quantitative estimate of drug-likeness (QED) is 0.393. The molecule has 7 heavy (non-hydrogen) atoms. The van der Waals surface area contributed by atoms with Crippen LogP contribution in [0.25, 0.3) is 0 Å². The number of ether oxygens (including phenoxy) is 1. The Bertz CT molecular complexity index is 30.9. The van der Waals surface area contributed by atoms with E-state index in [2.05, 4.69) is 11.7 Å². The van der Waals surface area contributed by atoms with Gasteiger partial charge >= 0.3 is 23.7 Å². The molecule has 0 N–H and O–H groups in total. The summed E-state index contributed by atoms with van der Waals surface area (Å²) in [5, 5.41) is 0. The van der Waals surface area contributed by atoms with Crippen molar-refractivity contribution in [2.45, 2.75) is 13.0 Å². The molecule has 0 amide bonds. The van der Waals surface area contributed by atoms with E-state index in [1.165, 1.54) is 0 Å². The van der Waals surface area contributed by atoms with Crippen LogP contribution in [0.4, 0.5) is 0 Å². The summed E-state index contributed by atoms with van der Waals surface area (Å²) in [7, 11) is 1.64. The molecule has 0 aromatic heterocycles. The van der Waals surface area contributed by atoms with E-state index in [0.717, 1.165) is 20.4 Å². The van der Waals surface area contributed by atoms with Crippen LogP contribution in [-0.2, 0) is 28.5 Å². The van der Waals surface area contributed by atoms with Gasteiger partial charge in [0.25, 0.3) is 0 Å². The Morgan fingerprint density at radius 2 is 1.86 bits per heavy atom. The van der Waals surface area contributed by atoms with E-state index in [0.29, 0.717) is 0 Å². The average Bonchev–Trinajstić information content (AvgIpc) is 1.73. The fourth-order valence-electron chi connectivity index (χ4n) is 0. The van der Waals surface area contributed by atoms with E-state index in [4.69, 9.17) is 3.32 Å². The van der Waals surface area contributed by atoms with Gasteiger partial charge in [-0.05, 0) is 0 Å². The van der Waals surface area contributed by atoms with Gasteiger partial charge in [0.2, 0.25) is 0 Å². The van der Waals surface area contributed by atoms with E-state index in [9.17, 15) is 0 Å². The number of methoxy groups -OCH3 is 1. The van der Waals surface area contributed by atoms with Gasteiger partial charge in [0, 0.05) is 7.11 Å². The molecule has 0 radical (unpaired) electrons. The van der Waals surface area contributed by atoms with E-state index in [1.807, 2.05) is 6.92 Å². The third-order valence-corrected chi connectivity index (χ3v) is 0.402. The molecule has 0 saturated heterocycles. The molecule has 1 atom stereocenters. The molecule has 0 fully saturated rings. The number of hydrogen-bond donors (Lipinski definition) is 0. The third-order valence-electron chi connectivity index (χ3n) is 0.402. The summed E-state index contributed by atoms with van der Waals surface area (Å²) in [4.78, 5) is 0. The summed E-state index contributed by atoms with van der Waals surface area (Å²) < 4.78 is 12.9. The van der Waals surface area contributed by atoms with Crippen molar-refractivity contribution in [3.63, 3.8) is 0 Å². The Balaban J connectivity index is 0. The van der Waals surface area contributed by atoms with Crippen molar-refractivity contribution in [1.29, 1.82) is 0 Å². The Morgan fingerprint density at radius 3 is 1.86 bits per heavy atom. The van der Waals surface area contributed by atoms with E-state index >= 15 is 0 Å². The first kappa shape index (κ1) is 10.5. The zero-order chi connectivity index (χ0) is 6.28. The van der Waals surface area contributed by atoms with Crippen molar-refractivity contribution in [3.8, 4) is 0 Å². The molecule has 0 aliphatic heterocycles. The third kappa shape index (κ3) is 21.2. The SMILES string of the molecule is [CH2-]C(C)OC.[O]=[Ti+]. The van der Waals surface area contributed by atoms with Crippen LogP contribution in [0.2, 0.25) is 0 Å². The van der Waals surface area contributed by atoms with Gasteiger partial charge in [-0.3, -0.25) is 0 Å². The van der Waals surface area contributed by atoms with Gasteiger partial charge in [-0.15, -0.1) is 0 Å². The summed E-state index contributed by atoms with van der Waals surface area (Å²) in [6.07, 6.45) is 0.134. The molecule has 0 bridgehead atoms. The van der Waals surface area contributed by atoms with Gasteiger partial charge in [0.05, 0.1) is 0 Å². The fourth-order valence-corrected chi connectivity index (χ4v) is 0.